The lowest BCUT2D eigenvalue weighted by Gasteiger charge is -2.02. The van der Waals surface area contributed by atoms with Gasteiger partial charge in [-0.15, -0.1) is 0 Å². The van der Waals surface area contributed by atoms with Gasteiger partial charge in [-0.1, -0.05) is 0 Å². The van der Waals surface area contributed by atoms with Crippen LogP contribution >= 0.6 is 0 Å². The Labute approximate surface area is 159 Å². The van der Waals surface area contributed by atoms with E-state index in [9.17, 15) is 14.4 Å². The molecule has 0 aliphatic heterocycles. The molecular weight excluding hydrogens is 360 g/mol. The zero-order valence-electron chi connectivity index (χ0n) is 15.6. The van der Waals surface area contributed by atoms with Gasteiger partial charge in [0.15, 0.2) is 0 Å². The van der Waals surface area contributed by atoms with E-state index in [0.717, 1.165) is 0 Å². The standard InChI is InChI=1S/3C5H12N2O2/c3*6-3-1-2-4(7)5(8)9/h3*4H,1-3,6-7H2,(H,8,9)/t4-;;/m0../s1. The van der Waals surface area contributed by atoms with E-state index in [1.165, 1.54) is 0 Å². The maximum absolute atomic E-state index is 10.0. The minimum Gasteiger partial charge on any atom is -0.480 e. The van der Waals surface area contributed by atoms with Crippen LogP contribution in [0, 0.1) is 0 Å². The third kappa shape index (κ3) is 24.2. The van der Waals surface area contributed by atoms with Crippen molar-refractivity contribution in [1.29, 1.82) is 0 Å². The van der Waals surface area contributed by atoms with Gasteiger partial charge in [-0.25, -0.2) is 0 Å². The molecule has 0 saturated heterocycles. The van der Waals surface area contributed by atoms with Gasteiger partial charge in [-0.05, 0) is 58.2 Å². The van der Waals surface area contributed by atoms with Gasteiger partial charge in [0, 0.05) is 0 Å². The van der Waals surface area contributed by atoms with Crippen LogP contribution < -0.4 is 34.4 Å². The van der Waals surface area contributed by atoms with Crippen LogP contribution in [-0.4, -0.2) is 71.0 Å². The zero-order valence-corrected chi connectivity index (χ0v) is 15.6. The first-order chi connectivity index (χ1) is 12.5. The second-order valence-corrected chi connectivity index (χ2v) is 5.63. The molecule has 0 aromatic heterocycles. The number of nitrogens with two attached hydrogens (primary N) is 6. The molecule has 2 unspecified atom stereocenters. The van der Waals surface area contributed by atoms with Crippen LogP contribution in [0.3, 0.4) is 0 Å². The molecule has 0 heterocycles. The van der Waals surface area contributed by atoms with Gasteiger partial charge in [-0.3, -0.25) is 14.4 Å². The summed E-state index contributed by atoms with van der Waals surface area (Å²) < 4.78 is 0. The second-order valence-electron chi connectivity index (χ2n) is 5.63. The lowest BCUT2D eigenvalue weighted by atomic mass is 10.2. The van der Waals surface area contributed by atoms with Gasteiger partial charge in [0.2, 0.25) is 0 Å². The first-order valence-corrected chi connectivity index (χ1v) is 8.60. The fourth-order valence-electron chi connectivity index (χ4n) is 1.38. The van der Waals surface area contributed by atoms with Crippen molar-refractivity contribution >= 4 is 17.9 Å². The van der Waals surface area contributed by atoms with E-state index in [-0.39, 0.29) is 0 Å². The van der Waals surface area contributed by atoms with Crippen LogP contribution in [0.1, 0.15) is 38.5 Å². The Hall–Kier alpha value is -1.83. The normalized spacial score (nSPS) is 13.1. The lowest BCUT2D eigenvalue weighted by molar-refractivity contribution is -0.139. The van der Waals surface area contributed by atoms with Crippen molar-refractivity contribution in [2.45, 2.75) is 56.7 Å². The predicted octanol–water partition coefficient (Wildman–Crippen LogP) is -2.59. The SMILES string of the molecule is NCCCC(N)C(=O)O.NCCCC(N)C(=O)O.NCCC[C@H](N)C(=O)O. The Morgan fingerprint density at radius 2 is 0.741 bits per heavy atom. The van der Waals surface area contributed by atoms with E-state index in [4.69, 9.17) is 49.7 Å². The molecule has 0 fully saturated rings. The van der Waals surface area contributed by atoms with Crippen LogP contribution in [0.25, 0.3) is 0 Å². The van der Waals surface area contributed by atoms with Crippen LogP contribution in [0.5, 0.6) is 0 Å². The molecule has 15 N–H and O–H groups in total. The summed E-state index contributed by atoms with van der Waals surface area (Å²) in [4.78, 5) is 30.1. The second kappa shape index (κ2) is 20.5. The molecule has 0 bridgehead atoms. The summed E-state index contributed by atoms with van der Waals surface area (Å²) in [5.74, 6) is -2.87. The molecule has 0 spiro atoms. The van der Waals surface area contributed by atoms with Gasteiger partial charge in [-0.2, -0.15) is 0 Å². The third-order valence-corrected chi connectivity index (χ3v) is 3.11. The highest BCUT2D eigenvalue weighted by Gasteiger charge is 2.10. The summed E-state index contributed by atoms with van der Waals surface area (Å²) in [6.07, 6.45) is 3.41. The molecule has 0 aliphatic rings. The average molecular weight is 396 g/mol. The van der Waals surface area contributed by atoms with Crippen molar-refractivity contribution in [1.82, 2.24) is 0 Å². The van der Waals surface area contributed by atoms with Crippen molar-refractivity contribution in [3.63, 3.8) is 0 Å². The number of hydrogen-bond acceptors (Lipinski definition) is 9. The van der Waals surface area contributed by atoms with Gasteiger partial charge in [0.25, 0.3) is 0 Å². The summed E-state index contributed by atoms with van der Waals surface area (Å²) >= 11 is 0. The highest BCUT2D eigenvalue weighted by atomic mass is 16.4. The Balaban J connectivity index is -0.000000320. The van der Waals surface area contributed by atoms with E-state index < -0.39 is 36.0 Å². The fraction of sp³-hybridized carbons (Fsp3) is 0.800. The Kier molecular flexibility index (Phi) is 22.7. The van der Waals surface area contributed by atoms with Crippen LogP contribution in [0.15, 0.2) is 0 Å². The van der Waals surface area contributed by atoms with Gasteiger partial charge in [0.1, 0.15) is 18.1 Å². The van der Waals surface area contributed by atoms with E-state index in [1.807, 2.05) is 0 Å². The Morgan fingerprint density at radius 3 is 0.852 bits per heavy atom. The summed E-state index contributed by atoms with van der Waals surface area (Å²) in [5, 5.41) is 24.7. The third-order valence-electron chi connectivity index (χ3n) is 3.11. The molecule has 3 atom stereocenters. The molecule has 0 radical (unpaired) electrons. The number of carboxylic acid groups (broad SMARTS) is 3. The number of aliphatic carboxylic acids is 3. The van der Waals surface area contributed by atoms with E-state index in [1.54, 1.807) is 0 Å². The first-order valence-electron chi connectivity index (χ1n) is 8.60. The summed E-state index contributed by atoms with van der Waals surface area (Å²) in [5.41, 5.74) is 30.8. The molecule has 0 saturated carbocycles. The van der Waals surface area contributed by atoms with Gasteiger partial charge >= 0.3 is 17.9 Å². The molecule has 162 valence electrons. The van der Waals surface area contributed by atoms with Crippen molar-refractivity contribution in [3.05, 3.63) is 0 Å². The van der Waals surface area contributed by atoms with Crippen LogP contribution in [-0.2, 0) is 14.4 Å². The number of hydrogen-bond donors (Lipinski definition) is 9. The van der Waals surface area contributed by atoms with Crippen molar-refractivity contribution in [2.75, 3.05) is 19.6 Å². The maximum atomic E-state index is 10.0. The van der Waals surface area contributed by atoms with Crippen LogP contribution in [0.2, 0.25) is 0 Å². The lowest BCUT2D eigenvalue weighted by Crippen LogP contribution is -2.30. The highest BCUT2D eigenvalue weighted by Crippen LogP contribution is 1.92. The molecule has 0 aliphatic carbocycles. The number of carbonyl (C=O) groups is 3. The molecule has 0 aromatic rings. The summed E-state index contributed by atoms with van der Waals surface area (Å²) in [6.45, 7) is 1.50. The predicted molar refractivity (Wildman–Crippen MR) is 102 cm³/mol. The van der Waals surface area contributed by atoms with E-state index in [2.05, 4.69) is 0 Å². The molecule has 27 heavy (non-hydrogen) atoms. The quantitative estimate of drug-likeness (QED) is 0.164. The minimum absolute atomic E-state index is 0.464. The molecule has 0 aromatic carbocycles. The largest absolute Gasteiger partial charge is 0.480 e. The monoisotopic (exact) mass is 396 g/mol. The number of carboxylic acids is 3. The van der Waals surface area contributed by atoms with Crippen molar-refractivity contribution in [3.8, 4) is 0 Å². The van der Waals surface area contributed by atoms with E-state index >= 15 is 0 Å². The molecule has 12 nitrogen and oxygen atoms in total. The molecule has 12 heteroatoms. The Morgan fingerprint density at radius 1 is 0.556 bits per heavy atom. The molecular formula is C15H36N6O6. The van der Waals surface area contributed by atoms with Crippen molar-refractivity contribution < 1.29 is 29.7 Å². The number of rotatable bonds is 12. The topological polar surface area (TPSA) is 268 Å². The highest BCUT2D eigenvalue weighted by molar-refractivity contribution is 5.73. The smallest absolute Gasteiger partial charge is 0.320 e. The average Bonchev–Trinajstić information content (AvgIpc) is 2.62. The Bertz CT molecular complexity index is 342. The fourth-order valence-corrected chi connectivity index (χ4v) is 1.38. The molecule has 0 rings (SSSR count). The van der Waals surface area contributed by atoms with Crippen LogP contribution in [0.4, 0.5) is 0 Å². The molecule has 0 amide bonds. The summed E-state index contributed by atoms with van der Waals surface area (Å²) in [6, 6.07) is -2.23. The maximum Gasteiger partial charge on any atom is 0.320 e. The van der Waals surface area contributed by atoms with Gasteiger partial charge < -0.3 is 49.7 Å². The first kappa shape index (κ1) is 29.9. The minimum atomic E-state index is -0.955. The van der Waals surface area contributed by atoms with Crippen molar-refractivity contribution in [2.24, 2.45) is 34.4 Å². The zero-order chi connectivity index (χ0) is 21.8. The van der Waals surface area contributed by atoms with Gasteiger partial charge in [0.05, 0.1) is 0 Å². The van der Waals surface area contributed by atoms with E-state index in [0.29, 0.717) is 58.2 Å². The summed E-state index contributed by atoms with van der Waals surface area (Å²) in [7, 11) is 0.